The second-order valence-electron chi connectivity index (χ2n) is 7.07. The van der Waals surface area contributed by atoms with Crippen molar-refractivity contribution in [3.8, 4) is 0 Å². The largest absolute Gasteiger partial charge is 0.324 e. The zero-order valence-electron chi connectivity index (χ0n) is 15.9. The van der Waals surface area contributed by atoms with Gasteiger partial charge in [0.1, 0.15) is 0 Å². The smallest absolute Gasteiger partial charge is 0.243 e. The Bertz CT molecular complexity index is 925. The first-order valence-corrected chi connectivity index (χ1v) is 11.0. The number of rotatable bonds is 5. The first-order valence-electron chi connectivity index (χ1n) is 9.14. The van der Waals surface area contributed by atoms with Crippen LogP contribution in [0.15, 0.2) is 59.5 Å². The quantitative estimate of drug-likeness (QED) is 0.805. The topological polar surface area (TPSA) is 69.7 Å². The van der Waals surface area contributed by atoms with E-state index in [2.05, 4.69) is 5.32 Å². The van der Waals surface area contributed by atoms with E-state index in [1.54, 1.807) is 58.9 Å². The van der Waals surface area contributed by atoms with E-state index in [4.69, 9.17) is 11.6 Å². The minimum atomic E-state index is -3.58. The average Bonchev–Trinajstić information content (AvgIpc) is 2.63. The molecule has 1 fully saturated rings. The lowest BCUT2D eigenvalue weighted by atomic mass is 10.1. The summed E-state index contributed by atoms with van der Waals surface area (Å²) in [5.41, 5.74) is 0.570. The molecule has 28 heavy (non-hydrogen) atoms. The number of anilines is 1. The number of halogens is 1. The molecule has 0 aromatic heterocycles. The van der Waals surface area contributed by atoms with Crippen molar-refractivity contribution in [2.24, 2.45) is 0 Å². The van der Waals surface area contributed by atoms with Gasteiger partial charge in [-0.3, -0.25) is 9.69 Å². The number of carbonyl (C=O) groups excluding carboxylic acids is 1. The zero-order valence-corrected chi connectivity index (χ0v) is 17.4. The number of amides is 1. The summed E-state index contributed by atoms with van der Waals surface area (Å²) in [5.74, 6) is -0.174. The monoisotopic (exact) mass is 421 g/mol. The summed E-state index contributed by atoms with van der Waals surface area (Å²) < 4.78 is 27.6. The Morgan fingerprint density at radius 3 is 2.21 bits per heavy atom. The highest BCUT2D eigenvalue weighted by Crippen LogP contribution is 2.25. The van der Waals surface area contributed by atoms with Gasteiger partial charge in [0.05, 0.1) is 22.2 Å². The van der Waals surface area contributed by atoms with Gasteiger partial charge in [0.15, 0.2) is 0 Å². The number of piperazine rings is 1. The maximum atomic E-state index is 13.0. The van der Waals surface area contributed by atoms with Gasteiger partial charge in [-0.1, -0.05) is 41.9 Å². The number of hydrogen-bond acceptors (Lipinski definition) is 4. The van der Waals surface area contributed by atoms with Crippen LogP contribution in [0.2, 0.25) is 5.02 Å². The van der Waals surface area contributed by atoms with E-state index in [1.165, 1.54) is 0 Å². The van der Waals surface area contributed by atoms with E-state index in [0.29, 0.717) is 28.7 Å². The number of sulfonamides is 1. The number of benzene rings is 2. The van der Waals surface area contributed by atoms with E-state index < -0.39 is 10.0 Å². The van der Waals surface area contributed by atoms with E-state index in [9.17, 15) is 13.2 Å². The van der Waals surface area contributed by atoms with Gasteiger partial charge in [-0.05, 0) is 38.1 Å². The van der Waals surface area contributed by atoms with Crippen LogP contribution >= 0.6 is 11.6 Å². The summed E-state index contributed by atoms with van der Waals surface area (Å²) in [6.45, 7) is 4.88. The van der Waals surface area contributed by atoms with Gasteiger partial charge in [0.25, 0.3) is 0 Å². The highest BCUT2D eigenvalue weighted by Gasteiger charge is 2.38. The first-order chi connectivity index (χ1) is 13.3. The fourth-order valence-corrected chi connectivity index (χ4v) is 5.70. The second-order valence-corrected chi connectivity index (χ2v) is 9.32. The number of para-hydroxylation sites is 1. The van der Waals surface area contributed by atoms with Crippen LogP contribution in [0.1, 0.15) is 13.8 Å². The predicted molar refractivity (Wildman–Crippen MR) is 111 cm³/mol. The summed E-state index contributed by atoms with van der Waals surface area (Å²) in [7, 11) is -3.58. The molecule has 3 rings (SSSR count). The number of hydrogen-bond donors (Lipinski definition) is 1. The summed E-state index contributed by atoms with van der Waals surface area (Å²) in [6.07, 6.45) is 0. The zero-order chi connectivity index (χ0) is 20.3. The molecule has 150 valence electrons. The Labute approximate surface area is 171 Å². The number of nitrogens with one attached hydrogen (secondary N) is 1. The van der Waals surface area contributed by atoms with Gasteiger partial charge < -0.3 is 5.32 Å². The third-order valence-electron chi connectivity index (χ3n) is 4.75. The van der Waals surface area contributed by atoms with Crippen LogP contribution in [0.4, 0.5) is 5.69 Å². The molecule has 1 N–H and O–H groups in total. The Morgan fingerprint density at radius 1 is 1.04 bits per heavy atom. The van der Waals surface area contributed by atoms with Crippen LogP contribution in [-0.4, -0.2) is 55.2 Å². The number of carbonyl (C=O) groups is 1. The summed E-state index contributed by atoms with van der Waals surface area (Å²) >= 11 is 6.08. The maximum absolute atomic E-state index is 13.0. The van der Waals surface area contributed by atoms with Crippen LogP contribution < -0.4 is 5.32 Å². The van der Waals surface area contributed by atoms with Crippen LogP contribution in [0, 0.1) is 0 Å². The molecule has 0 bridgehead atoms. The molecule has 0 unspecified atom stereocenters. The summed E-state index contributed by atoms with van der Waals surface area (Å²) in [6, 6.07) is 15.0. The standard InChI is InChI=1S/C20H24ClN3O3S/c1-15-12-23(14-20(25)22-19-11-7-6-10-18(19)21)13-16(2)24(15)28(26,27)17-8-4-3-5-9-17/h3-11,15-16H,12-14H2,1-2H3,(H,22,25)/t15-,16+. The highest BCUT2D eigenvalue weighted by molar-refractivity contribution is 7.89. The van der Waals surface area contributed by atoms with Gasteiger partial charge in [-0.2, -0.15) is 4.31 Å². The van der Waals surface area contributed by atoms with Crippen molar-refractivity contribution >= 4 is 33.2 Å². The van der Waals surface area contributed by atoms with Crippen LogP contribution in [0.5, 0.6) is 0 Å². The van der Waals surface area contributed by atoms with Crippen molar-refractivity contribution in [2.75, 3.05) is 25.0 Å². The fourth-order valence-electron chi connectivity index (χ4n) is 3.69. The third-order valence-corrected chi connectivity index (χ3v) is 7.22. The maximum Gasteiger partial charge on any atom is 0.243 e. The van der Waals surface area contributed by atoms with Gasteiger partial charge in [-0.15, -0.1) is 0 Å². The van der Waals surface area contributed by atoms with Crippen molar-refractivity contribution in [2.45, 2.75) is 30.8 Å². The molecule has 0 saturated carbocycles. The first kappa shape index (κ1) is 20.8. The van der Waals surface area contributed by atoms with E-state index in [-0.39, 0.29) is 24.5 Å². The lowest BCUT2D eigenvalue weighted by molar-refractivity contribution is -0.118. The van der Waals surface area contributed by atoms with Gasteiger partial charge >= 0.3 is 0 Å². The molecule has 0 aliphatic carbocycles. The third kappa shape index (κ3) is 4.55. The van der Waals surface area contributed by atoms with Crippen LogP contribution in [-0.2, 0) is 14.8 Å². The van der Waals surface area contributed by atoms with Gasteiger partial charge in [0.2, 0.25) is 15.9 Å². The highest BCUT2D eigenvalue weighted by atomic mass is 35.5. The molecule has 2 aromatic carbocycles. The molecular weight excluding hydrogens is 398 g/mol. The predicted octanol–water partition coefficient (Wildman–Crippen LogP) is 3.06. The minimum absolute atomic E-state index is 0.174. The summed E-state index contributed by atoms with van der Waals surface area (Å²) in [5, 5.41) is 3.29. The Morgan fingerprint density at radius 2 is 1.61 bits per heavy atom. The van der Waals surface area contributed by atoms with Gasteiger partial charge in [0, 0.05) is 25.2 Å². The van der Waals surface area contributed by atoms with Crippen LogP contribution in [0.3, 0.4) is 0 Å². The van der Waals surface area contributed by atoms with Gasteiger partial charge in [-0.25, -0.2) is 8.42 Å². The molecule has 2 aromatic rings. The average molecular weight is 422 g/mol. The SMILES string of the molecule is C[C@@H]1CN(CC(=O)Nc2ccccc2Cl)C[C@H](C)N1S(=O)(=O)c1ccccc1. The van der Waals surface area contributed by atoms with Crippen molar-refractivity contribution in [1.29, 1.82) is 0 Å². The molecule has 1 saturated heterocycles. The second kappa shape index (κ2) is 8.61. The molecular formula is C20H24ClN3O3S. The normalized spacial score (nSPS) is 21.4. The Balaban J connectivity index is 1.66. The van der Waals surface area contributed by atoms with Crippen molar-refractivity contribution in [3.05, 3.63) is 59.6 Å². The lowest BCUT2D eigenvalue weighted by Crippen LogP contribution is -2.59. The van der Waals surface area contributed by atoms with Crippen molar-refractivity contribution < 1.29 is 13.2 Å². The molecule has 1 aliphatic heterocycles. The van der Waals surface area contributed by atoms with E-state index >= 15 is 0 Å². The lowest BCUT2D eigenvalue weighted by Gasteiger charge is -2.43. The molecule has 0 radical (unpaired) electrons. The molecule has 6 nitrogen and oxygen atoms in total. The molecule has 1 heterocycles. The van der Waals surface area contributed by atoms with Crippen molar-refractivity contribution in [1.82, 2.24) is 9.21 Å². The Kier molecular flexibility index (Phi) is 6.40. The summed E-state index contributed by atoms with van der Waals surface area (Å²) in [4.78, 5) is 14.7. The van der Waals surface area contributed by atoms with Crippen LogP contribution in [0.25, 0.3) is 0 Å². The van der Waals surface area contributed by atoms with Crippen molar-refractivity contribution in [3.63, 3.8) is 0 Å². The van der Waals surface area contributed by atoms with E-state index in [0.717, 1.165) is 0 Å². The van der Waals surface area contributed by atoms with E-state index in [1.807, 2.05) is 18.7 Å². The number of nitrogens with zero attached hydrogens (tertiary/aromatic N) is 2. The molecule has 2 atom stereocenters. The minimum Gasteiger partial charge on any atom is -0.324 e. The molecule has 0 spiro atoms. The molecule has 1 amide bonds. The molecule has 8 heteroatoms. The molecule has 1 aliphatic rings. The Hall–Kier alpha value is -1.93. The fraction of sp³-hybridized carbons (Fsp3) is 0.350.